The van der Waals surface area contributed by atoms with Crippen molar-refractivity contribution >= 4 is 28.9 Å². The number of carbonyl (C=O) groups is 2. The van der Waals surface area contributed by atoms with E-state index in [1.807, 2.05) is 6.07 Å². The van der Waals surface area contributed by atoms with E-state index in [-0.39, 0.29) is 11.4 Å². The summed E-state index contributed by atoms with van der Waals surface area (Å²) in [6.45, 7) is 2.88. The molecule has 7 nitrogen and oxygen atoms in total. The number of hydrogen-bond donors (Lipinski definition) is 1. The van der Waals surface area contributed by atoms with E-state index in [1.54, 1.807) is 36.6 Å². The van der Waals surface area contributed by atoms with Crippen LogP contribution in [0, 0.1) is 18.3 Å². The molecule has 0 aliphatic carbocycles. The highest BCUT2D eigenvalue weighted by Gasteiger charge is 2.20. The number of nitrogens with one attached hydrogen (secondary N) is 1. The van der Waals surface area contributed by atoms with Crippen LogP contribution >= 0.6 is 11.3 Å². The van der Waals surface area contributed by atoms with E-state index in [4.69, 9.17) is 10.00 Å². The summed E-state index contributed by atoms with van der Waals surface area (Å²) in [6, 6.07) is 8.47. The number of nitrogens with zero attached hydrogens (tertiary/aromatic N) is 2. The Morgan fingerprint density at radius 2 is 2.12 bits per heavy atom. The van der Waals surface area contributed by atoms with Gasteiger partial charge in [0.15, 0.2) is 6.10 Å². The fourth-order valence-electron chi connectivity index (χ4n) is 1.94. The van der Waals surface area contributed by atoms with Gasteiger partial charge in [-0.1, -0.05) is 23.5 Å². The van der Waals surface area contributed by atoms with Crippen molar-refractivity contribution in [1.82, 2.24) is 4.57 Å². The molecule has 0 spiro atoms. The Morgan fingerprint density at radius 3 is 2.75 bits per heavy atom. The first-order valence-electron chi connectivity index (χ1n) is 7.06. The molecule has 0 unspecified atom stereocenters. The van der Waals surface area contributed by atoms with Gasteiger partial charge in [-0.3, -0.25) is 19.0 Å². The fourth-order valence-corrected chi connectivity index (χ4v) is 2.67. The Kier molecular flexibility index (Phi) is 5.50. The molecule has 0 aliphatic heterocycles. The summed E-state index contributed by atoms with van der Waals surface area (Å²) in [7, 11) is 0. The number of aryl methyl sites for hydroxylation is 1. The number of benzene rings is 1. The molecule has 1 aromatic carbocycles. The predicted molar refractivity (Wildman–Crippen MR) is 88.7 cm³/mol. The van der Waals surface area contributed by atoms with Crippen LogP contribution in [0.15, 0.2) is 34.4 Å². The van der Waals surface area contributed by atoms with Crippen molar-refractivity contribution in [2.24, 2.45) is 0 Å². The number of carbonyl (C=O) groups excluding carboxylic acids is 2. The topological polar surface area (TPSA) is 101 Å². The van der Waals surface area contributed by atoms with Crippen LogP contribution in [0.3, 0.4) is 0 Å². The van der Waals surface area contributed by atoms with Gasteiger partial charge in [-0.15, -0.1) is 0 Å². The first kappa shape index (κ1) is 17.4. The summed E-state index contributed by atoms with van der Waals surface area (Å²) < 4.78 is 6.33. The number of ether oxygens (including phenoxy) is 1. The highest BCUT2D eigenvalue weighted by molar-refractivity contribution is 7.07. The Labute approximate surface area is 142 Å². The van der Waals surface area contributed by atoms with Crippen molar-refractivity contribution in [1.29, 1.82) is 5.26 Å². The SMILES string of the molecule is Cc1csc(=O)n1CC(=O)O[C@H](C)C(=O)Nc1ccccc1C#N. The number of amides is 1. The van der Waals surface area contributed by atoms with Crippen molar-refractivity contribution < 1.29 is 14.3 Å². The number of nitriles is 1. The first-order chi connectivity index (χ1) is 11.4. The summed E-state index contributed by atoms with van der Waals surface area (Å²) >= 11 is 0.994. The molecule has 24 heavy (non-hydrogen) atoms. The lowest BCUT2D eigenvalue weighted by molar-refractivity contribution is -0.153. The van der Waals surface area contributed by atoms with Gasteiger partial charge in [-0.05, 0) is 26.0 Å². The van der Waals surface area contributed by atoms with E-state index in [0.29, 0.717) is 16.9 Å². The number of para-hydroxylation sites is 1. The van der Waals surface area contributed by atoms with Crippen molar-refractivity contribution in [3.8, 4) is 6.07 Å². The monoisotopic (exact) mass is 345 g/mol. The maximum absolute atomic E-state index is 12.1. The van der Waals surface area contributed by atoms with Crippen LogP contribution in [-0.2, 0) is 20.9 Å². The van der Waals surface area contributed by atoms with Crippen molar-refractivity contribution in [2.45, 2.75) is 26.5 Å². The Balaban J connectivity index is 1.98. The van der Waals surface area contributed by atoms with Gasteiger partial charge >= 0.3 is 10.8 Å². The van der Waals surface area contributed by atoms with Crippen LogP contribution in [-0.4, -0.2) is 22.5 Å². The normalized spacial score (nSPS) is 11.4. The lowest BCUT2D eigenvalue weighted by Crippen LogP contribution is -2.32. The van der Waals surface area contributed by atoms with E-state index in [1.165, 1.54) is 11.5 Å². The molecule has 1 heterocycles. The van der Waals surface area contributed by atoms with Crippen molar-refractivity contribution in [3.05, 3.63) is 50.6 Å². The van der Waals surface area contributed by atoms with Gasteiger partial charge in [-0.2, -0.15) is 5.26 Å². The Morgan fingerprint density at radius 1 is 1.42 bits per heavy atom. The molecule has 0 bridgehead atoms. The molecule has 0 radical (unpaired) electrons. The van der Waals surface area contributed by atoms with Crippen LogP contribution in [0.2, 0.25) is 0 Å². The highest BCUT2D eigenvalue weighted by atomic mass is 32.1. The van der Waals surface area contributed by atoms with E-state index in [0.717, 1.165) is 11.3 Å². The number of esters is 1. The molecule has 2 aromatic rings. The van der Waals surface area contributed by atoms with E-state index in [2.05, 4.69) is 5.32 Å². The third kappa shape index (κ3) is 4.08. The number of hydrogen-bond acceptors (Lipinski definition) is 6. The quantitative estimate of drug-likeness (QED) is 0.831. The third-order valence-electron chi connectivity index (χ3n) is 3.25. The zero-order chi connectivity index (χ0) is 17.7. The number of aromatic nitrogens is 1. The van der Waals surface area contributed by atoms with Crippen LogP contribution in [0.25, 0.3) is 0 Å². The van der Waals surface area contributed by atoms with Gasteiger partial charge in [0, 0.05) is 11.1 Å². The van der Waals surface area contributed by atoms with Crippen LogP contribution in [0.5, 0.6) is 0 Å². The zero-order valence-corrected chi connectivity index (χ0v) is 13.9. The summed E-state index contributed by atoms with van der Waals surface area (Å²) in [5.41, 5.74) is 1.31. The van der Waals surface area contributed by atoms with Crippen molar-refractivity contribution in [2.75, 3.05) is 5.32 Å². The second-order valence-corrected chi connectivity index (χ2v) is 5.83. The lowest BCUT2D eigenvalue weighted by Gasteiger charge is -2.14. The molecule has 0 saturated heterocycles. The molecule has 0 saturated carbocycles. The lowest BCUT2D eigenvalue weighted by atomic mass is 10.2. The summed E-state index contributed by atoms with van der Waals surface area (Å²) in [5.74, 6) is -1.24. The number of thiazole rings is 1. The second kappa shape index (κ2) is 7.57. The first-order valence-corrected chi connectivity index (χ1v) is 7.94. The minimum absolute atomic E-state index is 0.249. The van der Waals surface area contributed by atoms with E-state index >= 15 is 0 Å². The Hall–Kier alpha value is -2.92. The van der Waals surface area contributed by atoms with Gasteiger partial charge in [0.2, 0.25) is 0 Å². The largest absolute Gasteiger partial charge is 0.451 e. The van der Waals surface area contributed by atoms with Crippen molar-refractivity contribution in [3.63, 3.8) is 0 Å². The molecular weight excluding hydrogens is 330 g/mol. The van der Waals surface area contributed by atoms with Gasteiger partial charge in [-0.25, -0.2) is 0 Å². The van der Waals surface area contributed by atoms with Gasteiger partial charge in [0.25, 0.3) is 5.91 Å². The van der Waals surface area contributed by atoms with E-state index in [9.17, 15) is 14.4 Å². The second-order valence-electron chi connectivity index (χ2n) is 5.01. The molecule has 0 fully saturated rings. The summed E-state index contributed by atoms with van der Waals surface area (Å²) in [4.78, 5) is 35.3. The molecule has 2 rings (SSSR count). The van der Waals surface area contributed by atoms with E-state index < -0.39 is 18.0 Å². The Bertz CT molecular complexity index is 863. The zero-order valence-electron chi connectivity index (χ0n) is 13.1. The van der Waals surface area contributed by atoms with Gasteiger partial charge < -0.3 is 10.1 Å². The van der Waals surface area contributed by atoms with Gasteiger partial charge in [0.05, 0.1) is 11.3 Å². The minimum atomic E-state index is -1.06. The average molecular weight is 345 g/mol. The maximum atomic E-state index is 12.1. The summed E-state index contributed by atoms with van der Waals surface area (Å²) in [5, 5.41) is 13.2. The summed E-state index contributed by atoms with van der Waals surface area (Å²) in [6.07, 6.45) is -1.06. The predicted octanol–water partition coefficient (Wildman–Crippen LogP) is 1.66. The number of rotatable bonds is 5. The average Bonchev–Trinajstić information content (AvgIpc) is 2.87. The molecular formula is C16H15N3O4S. The van der Waals surface area contributed by atoms with Crippen LogP contribution < -0.4 is 10.2 Å². The maximum Gasteiger partial charge on any atom is 0.326 e. The molecule has 1 amide bonds. The van der Waals surface area contributed by atoms with Crippen LogP contribution in [0.4, 0.5) is 5.69 Å². The molecule has 1 atom stereocenters. The molecule has 1 aromatic heterocycles. The molecule has 0 aliphatic rings. The standard InChI is InChI=1S/C16H15N3O4S/c1-10-9-24-16(22)19(10)8-14(20)23-11(2)15(21)18-13-6-4-3-5-12(13)7-17/h3-6,9,11H,8H2,1-2H3,(H,18,21)/t11-/m1/s1. The third-order valence-corrected chi connectivity index (χ3v) is 4.13. The van der Waals surface area contributed by atoms with Crippen LogP contribution in [0.1, 0.15) is 18.2 Å². The smallest absolute Gasteiger partial charge is 0.326 e. The minimum Gasteiger partial charge on any atom is -0.451 e. The fraction of sp³-hybridized carbons (Fsp3) is 0.250. The van der Waals surface area contributed by atoms with Gasteiger partial charge in [0.1, 0.15) is 12.6 Å². The number of anilines is 1. The molecule has 1 N–H and O–H groups in total. The highest BCUT2D eigenvalue weighted by Crippen LogP contribution is 2.14. The molecule has 8 heteroatoms. The molecule has 124 valence electrons.